The van der Waals surface area contributed by atoms with Gasteiger partial charge in [0.2, 0.25) is 11.8 Å². The van der Waals surface area contributed by atoms with E-state index in [1.807, 2.05) is 32.0 Å². The summed E-state index contributed by atoms with van der Waals surface area (Å²) in [5, 5.41) is 5.59. The average Bonchev–Trinajstić information content (AvgIpc) is 2.48. The minimum absolute atomic E-state index is 0. The van der Waals surface area contributed by atoms with E-state index in [0.29, 0.717) is 6.42 Å². The third kappa shape index (κ3) is 5.52. The molecule has 1 saturated carbocycles. The van der Waals surface area contributed by atoms with Crippen molar-refractivity contribution in [3.8, 4) is 0 Å². The molecule has 2 unspecified atom stereocenters. The predicted octanol–water partition coefficient (Wildman–Crippen LogP) is 2.30. The first-order chi connectivity index (χ1) is 10.5. The fourth-order valence-electron chi connectivity index (χ4n) is 2.97. The van der Waals surface area contributed by atoms with Crippen LogP contribution in [0.1, 0.15) is 36.8 Å². The molecule has 0 aromatic heterocycles. The highest BCUT2D eigenvalue weighted by Gasteiger charge is 2.25. The van der Waals surface area contributed by atoms with Gasteiger partial charge in [-0.2, -0.15) is 0 Å². The molecule has 1 aliphatic carbocycles. The number of anilines is 1. The highest BCUT2D eigenvalue weighted by atomic mass is 35.5. The van der Waals surface area contributed by atoms with Crippen LogP contribution in [0, 0.1) is 19.8 Å². The number of amides is 2. The summed E-state index contributed by atoms with van der Waals surface area (Å²) in [4.78, 5) is 24.1. The van der Waals surface area contributed by atoms with Crippen molar-refractivity contribution in [2.24, 2.45) is 11.7 Å². The minimum Gasteiger partial charge on any atom is -0.347 e. The van der Waals surface area contributed by atoms with Gasteiger partial charge < -0.3 is 16.4 Å². The van der Waals surface area contributed by atoms with Gasteiger partial charge in [-0.25, -0.2) is 0 Å². The Balaban J connectivity index is 0.00000264. The molecule has 0 radical (unpaired) electrons. The van der Waals surface area contributed by atoms with E-state index >= 15 is 0 Å². The zero-order chi connectivity index (χ0) is 16.1. The van der Waals surface area contributed by atoms with Gasteiger partial charge >= 0.3 is 0 Å². The van der Waals surface area contributed by atoms with Gasteiger partial charge in [0.15, 0.2) is 0 Å². The summed E-state index contributed by atoms with van der Waals surface area (Å²) in [6.07, 6.45) is 3.53. The average molecular weight is 340 g/mol. The van der Waals surface area contributed by atoms with Crippen molar-refractivity contribution in [1.82, 2.24) is 5.32 Å². The highest BCUT2D eigenvalue weighted by molar-refractivity contribution is 5.96. The highest BCUT2D eigenvalue weighted by Crippen LogP contribution is 2.23. The molecule has 5 nitrogen and oxygen atoms in total. The third-order valence-electron chi connectivity index (χ3n) is 4.25. The standard InChI is InChI=1S/C17H25N3O2.ClH/c1-11-5-3-6-12(2)16(11)20-15(21)10-19-17(22)13-7-4-8-14(18)9-13;/h3,5-6,13-14H,4,7-10,18H2,1-2H3,(H,19,22)(H,20,21);1H. The maximum absolute atomic E-state index is 12.1. The molecule has 2 amide bonds. The molecule has 2 atom stereocenters. The molecule has 128 valence electrons. The Morgan fingerprint density at radius 1 is 1.22 bits per heavy atom. The van der Waals surface area contributed by atoms with E-state index in [1.165, 1.54) is 0 Å². The van der Waals surface area contributed by atoms with Gasteiger partial charge in [0, 0.05) is 17.6 Å². The largest absolute Gasteiger partial charge is 0.347 e. The zero-order valence-corrected chi connectivity index (χ0v) is 14.5. The molecule has 0 spiro atoms. The van der Waals surface area contributed by atoms with Gasteiger partial charge in [0.05, 0.1) is 6.54 Å². The molecule has 6 heteroatoms. The second-order valence-electron chi connectivity index (χ2n) is 6.16. The van der Waals surface area contributed by atoms with Crippen LogP contribution in [0.5, 0.6) is 0 Å². The smallest absolute Gasteiger partial charge is 0.243 e. The van der Waals surface area contributed by atoms with Crippen LogP contribution in [0.25, 0.3) is 0 Å². The summed E-state index contributed by atoms with van der Waals surface area (Å²) in [6, 6.07) is 5.96. The van der Waals surface area contributed by atoms with Crippen molar-refractivity contribution in [3.05, 3.63) is 29.3 Å². The van der Waals surface area contributed by atoms with Crippen LogP contribution in [-0.4, -0.2) is 24.4 Å². The second kappa shape index (κ2) is 8.89. The van der Waals surface area contributed by atoms with Crippen molar-refractivity contribution in [2.45, 2.75) is 45.6 Å². The Morgan fingerprint density at radius 3 is 2.48 bits per heavy atom. The molecule has 0 aliphatic heterocycles. The summed E-state index contributed by atoms with van der Waals surface area (Å²) in [7, 11) is 0. The number of carbonyl (C=O) groups is 2. The van der Waals surface area contributed by atoms with Crippen LogP contribution in [0.2, 0.25) is 0 Å². The molecule has 4 N–H and O–H groups in total. The first-order valence-electron chi connectivity index (χ1n) is 7.86. The second-order valence-corrected chi connectivity index (χ2v) is 6.16. The molecular formula is C17H26ClN3O2. The van der Waals surface area contributed by atoms with Crippen molar-refractivity contribution in [2.75, 3.05) is 11.9 Å². The third-order valence-corrected chi connectivity index (χ3v) is 4.25. The fourth-order valence-corrected chi connectivity index (χ4v) is 2.97. The van der Waals surface area contributed by atoms with E-state index in [4.69, 9.17) is 5.73 Å². The molecule has 0 heterocycles. The normalized spacial score (nSPS) is 20.3. The Morgan fingerprint density at radius 2 is 1.87 bits per heavy atom. The molecule has 0 bridgehead atoms. The number of hydrogen-bond donors (Lipinski definition) is 3. The molecule has 1 aromatic rings. The van der Waals surface area contributed by atoms with Crippen LogP contribution in [0.4, 0.5) is 5.69 Å². The first kappa shape index (κ1) is 19.5. The first-order valence-corrected chi connectivity index (χ1v) is 7.86. The Kier molecular flexibility index (Phi) is 7.52. The monoisotopic (exact) mass is 339 g/mol. The van der Waals surface area contributed by atoms with Crippen molar-refractivity contribution in [3.63, 3.8) is 0 Å². The number of halogens is 1. The van der Waals surface area contributed by atoms with Crippen LogP contribution >= 0.6 is 12.4 Å². The molecule has 23 heavy (non-hydrogen) atoms. The van der Waals surface area contributed by atoms with E-state index in [2.05, 4.69) is 10.6 Å². The quantitative estimate of drug-likeness (QED) is 0.787. The minimum atomic E-state index is -0.203. The lowest BCUT2D eigenvalue weighted by Gasteiger charge is -2.25. The number of para-hydroxylation sites is 1. The van der Waals surface area contributed by atoms with Gasteiger partial charge in [-0.1, -0.05) is 24.6 Å². The number of nitrogens with one attached hydrogen (secondary N) is 2. The summed E-state index contributed by atoms with van der Waals surface area (Å²) in [5.74, 6) is -0.325. The number of carbonyl (C=O) groups excluding carboxylic acids is 2. The summed E-state index contributed by atoms with van der Waals surface area (Å²) in [5.41, 5.74) is 8.74. The molecule has 1 aromatic carbocycles. The maximum atomic E-state index is 12.1. The summed E-state index contributed by atoms with van der Waals surface area (Å²) < 4.78 is 0. The lowest BCUT2D eigenvalue weighted by Crippen LogP contribution is -2.40. The topological polar surface area (TPSA) is 84.2 Å². The fraction of sp³-hybridized carbons (Fsp3) is 0.529. The molecule has 1 aliphatic rings. The van der Waals surface area contributed by atoms with Gasteiger partial charge in [-0.3, -0.25) is 9.59 Å². The maximum Gasteiger partial charge on any atom is 0.243 e. The van der Waals surface area contributed by atoms with E-state index < -0.39 is 0 Å². The molecule has 0 saturated heterocycles. The van der Waals surface area contributed by atoms with Crippen molar-refractivity contribution in [1.29, 1.82) is 0 Å². The van der Waals surface area contributed by atoms with Gasteiger partial charge in [0.25, 0.3) is 0 Å². The van der Waals surface area contributed by atoms with Gasteiger partial charge in [-0.05, 0) is 44.2 Å². The van der Waals surface area contributed by atoms with E-state index in [0.717, 1.165) is 36.1 Å². The lowest BCUT2D eigenvalue weighted by molar-refractivity contribution is -0.128. The van der Waals surface area contributed by atoms with Crippen LogP contribution < -0.4 is 16.4 Å². The van der Waals surface area contributed by atoms with Crippen LogP contribution in [0.15, 0.2) is 18.2 Å². The number of benzene rings is 1. The van der Waals surface area contributed by atoms with Crippen LogP contribution in [-0.2, 0) is 9.59 Å². The number of hydrogen-bond acceptors (Lipinski definition) is 3. The Hall–Kier alpha value is -1.59. The zero-order valence-electron chi connectivity index (χ0n) is 13.7. The number of nitrogens with two attached hydrogens (primary N) is 1. The van der Waals surface area contributed by atoms with E-state index in [9.17, 15) is 9.59 Å². The SMILES string of the molecule is Cc1cccc(C)c1NC(=O)CNC(=O)C1CCCC(N)C1.Cl. The molecule has 1 fully saturated rings. The van der Waals surface area contributed by atoms with E-state index in [1.54, 1.807) is 0 Å². The van der Waals surface area contributed by atoms with E-state index in [-0.39, 0.29) is 42.7 Å². The predicted molar refractivity (Wildman–Crippen MR) is 94.7 cm³/mol. The van der Waals surface area contributed by atoms with Gasteiger partial charge in [-0.15, -0.1) is 12.4 Å². The summed E-state index contributed by atoms with van der Waals surface area (Å²) >= 11 is 0. The van der Waals surface area contributed by atoms with Gasteiger partial charge in [0.1, 0.15) is 0 Å². The number of aryl methyl sites for hydroxylation is 2. The molecular weight excluding hydrogens is 314 g/mol. The molecule has 2 rings (SSSR count). The Labute approximate surface area is 143 Å². The summed E-state index contributed by atoms with van der Waals surface area (Å²) in [6.45, 7) is 3.90. The number of rotatable bonds is 4. The van der Waals surface area contributed by atoms with Crippen molar-refractivity contribution < 1.29 is 9.59 Å². The van der Waals surface area contributed by atoms with Crippen molar-refractivity contribution >= 4 is 29.9 Å². The Bertz CT molecular complexity index is 543. The van der Waals surface area contributed by atoms with Crippen LogP contribution in [0.3, 0.4) is 0 Å². The lowest BCUT2D eigenvalue weighted by atomic mass is 9.85.